The zero-order chi connectivity index (χ0) is 62.6. The monoisotopic (exact) mass is 1210 g/mol. The number of nitrogens with two attached hydrogens (primary N) is 2. The third kappa shape index (κ3) is 20.2. The number of nitrogens with one attached hydrogen (secondary N) is 8. The van der Waals surface area contributed by atoms with Crippen molar-refractivity contribution in [1.82, 2.24) is 52.3 Å². The average molecular weight is 1210 g/mol. The number of aliphatic hydroxyl groups is 3. The van der Waals surface area contributed by atoms with E-state index in [4.69, 9.17) is 11.5 Å². The van der Waals surface area contributed by atoms with Gasteiger partial charge in [0.15, 0.2) is 0 Å². The summed E-state index contributed by atoms with van der Waals surface area (Å²) >= 11 is 8.21. The Hall–Kier alpha value is -6.80. The molecule has 1 aromatic carbocycles. The average Bonchev–Trinajstić information content (AvgIpc) is 4.23. The van der Waals surface area contributed by atoms with Crippen LogP contribution in [0.3, 0.4) is 0 Å². The van der Waals surface area contributed by atoms with E-state index in [1.807, 2.05) is 0 Å². The van der Waals surface area contributed by atoms with E-state index in [0.29, 0.717) is 31.2 Å². The molecule has 0 spiro atoms. The van der Waals surface area contributed by atoms with Crippen molar-refractivity contribution in [3.8, 4) is 5.75 Å². The number of hydrogen-bond acceptors (Lipinski definition) is 19. The third-order valence-corrected chi connectivity index (χ3v) is 15.3. The molecule has 3 rings (SSSR count). The lowest BCUT2D eigenvalue weighted by Crippen LogP contribution is -2.63. The van der Waals surface area contributed by atoms with E-state index in [1.165, 1.54) is 41.0 Å². The van der Waals surface area contributed by atoms with E-state index in [2.05, 4.69) is 67.8 Å². The number of rotatable bonds is 32. The molecule has 0 aliphatic carbocycles. The highest BCUT2D eigenvalue weighted by Crippen LogP contribution is 2.27. The highest BCUT2D eigenvalue weighted by atomic mass is 32.1. The van der Waals surface area contributed by atoms with Crippen molar-refractivity contribution in [2.45, 2.75) is 172 Å². The van der Waals surface area contributed by atoms with Gasteiger partial charge in [0.25, 0.3) is 0 Å². The van der Waals surface area contributed by atoms with Crippen molar-refractivity contribution in [2.75, 3.05) is 31.2 Å². The van der Waals surface area contributed by atoms with Gasteiger partial charge in [0.2, 0.25) is 65.0 Å². The molecule has 83 heavy (non-hydrogen) atoms. The summed E-state index contributed by atoms with van der Waals surface area (Å²) in [5.74, 6) is -13.3. The molecule has 2 fully saturated rings. The van der Waals surface area contributed by atoms with Crippen molar-refractivity contribution in [3.63, 3.8) is 0 Å². The predicted octanol–water partition coefficient (Wildman–Crippen LogP) is -5.21. The molecule has 0 bridgehead atoms. The molecule has 17 N–H and O–H groups in total. The topological polar surface area (TPSA) is 461 Å². The Morgan fingerprint density at radius 1 is 0.590 bits per heavy atom. The van der Waals surface area contributed by atoms with Crippen LogP contribution in [0.25, 0.3) is 0 Å². The number of aliphatic carboxylic acids is 1. The van der Waals surface area contributed by atoms with Gasteiger partial charge in [-0.2, -0.15) is 25.3 Å². The zero-order valence-electron chi connectivity index (χ0n) is 47.2. The summed E-state index contributed by atoms with van der Waals surface area (Å²) in [4.78, 5) is 164. The van der Waals surface area contributed by atoms with Crippen molar-refractivity contribution >= 4 is 96.2 Å². The summed E-state index contributed by atoms with van der Waals surface area (Å²) < 4.78 is 0. The van der Waals surface area contributed by atoms with Crippen LogP contribution in [0.5, 0.6) is 5.75 Å². The highest BCUT2D eigenvalue weighted by Gasteiger charge is 2.46. The minimum atomic E-state index is -1.77. The normalized spacial score (nSPS) is 19.7. The lowest BCUT2D eigenvalue weighted by atomic mass is 9.96. The number of aromatic hydroxyl groups is 1. The number of thiol groups is 2. The van der Waals surface area contributed by atoms with E-state index in [0.717, 1.165) is 6.92 Å². The van der Waals surface area contributed by atoms with Gasteiger partial charge in [0, 0.05) is 31.0 Å². The molecule has 31 heteroatoms. The van der Waals surface area contributed by atoms with Gasteiger partial charge in [0.05, 0.1) is 25.2 Å². The first-order valence-corrected chi connectivity index (χ1v) is 28.6. The minimum absolute atomic E-state index is 0.0719. The van der Waals surface area contributed by atoms with E-state index >= 15 is 0 Å². The first-order chi connectivity index (χ1) is 39.0. The van der Waals surface area contributed by atoms with Crippen molar-refractivity contribution in [1.29, 1.82) is 0 Å². The molecule has 1 aromatic rings. The Bertz CT molecular complexity index is 2480. The molecule has 11 amide bonds. The third-order valence-electron chi connectivity index (χ3n) is 14.6. The fourth-order valence-electron chi connectivity index (χ4n) is 9.12. The molecule has 15 atom stereocenters. The van der Waals surface area contributed by atoms with Crippen LogP contribution >= 0.6 is 25.3 Å². The van der Waals surface area contributed by atoms with Crippen LogP contribution in [-0.4, -0.2) is 216 Å². The molecule has 2 saturated heterocycles. The molecule has 0 aromatic heterocycles. The maximum Gasteiger partial charge on any atom is 0.326 e. The summed E-state index contributed by atoms with van der Waals surface area (Å²) in [6.07, 6.45) is -2.17. The predicted molar refractivity (Wildman–Crippen MR) is 303 cm³/mol. The quantitative estimate of drug-likeness (QED) is 0.0300. The summed E-state index contributed by atoms with van der Waals surface area (Å²) in [6, 6.07) is -10.4. The van der Waals surface area contributed by atoms with Crippen LogP contribution in [0.1, 0.15) is 92.1 Å². The number of aliphatic hydroxyl groups excluding tert-OH is 3. The molecule has 464 valence electrons. The van der Waals surface area contributed by atoms with Gasteiger partial charge in [-0.15, -0.1) is 0 Å². The number of nitrogens with zero attached hydrogens (tertiary/aromatic N) is 2. The molecule has 2 aliphatic heterocycles. The molecule has 0 radical (unpaired) electrons. The standard InChI is InChI=1S/C52H82N12O17S2/c1-7-24(3)39(48(76)59-33(22-82)44(72)56-31(52(80)81)20-37(53)69)60-46(74)35-11-9-17-63(35)50(78)36-12-10-18-64(36)51(79)40(25(4)8-2)61-43(71)32(21-65)57-42(70)30(19-28-13-15-29(68)16-14-28)55-49(77)41(27(6)67)62-45(73)34(23-83)58-47(75)38(54)26(5)66/h13-16,24-27,30-36,38-41,65-68,82-83H,7-12,17-23,54H2,1-6H3,(H2,53,69)(H,55,77)(H,56,72)(H,57,70)(H,58,75)(H,59,76)(H,60,74)(H,61,71)(H,62,73)(H,80,81)/t24-,25-,26+,27+,30-,31-,32-,33-,34-,35-,36-,38-,39-,40-,41-/m0/s1. The van der Waals surface area contributed by atoms with Crippen LogP contribution < -0.4 is 54.0 Å². The Kier molecular flexibility index (Phi) is 28.4. The molecule has 0 unspecified atom stereocenters. The van der Waals surface area contributed by atoms with Gasteiger partial charge >= 0.3 is 5.97 Å². The smallest absolute Gasteiger partial charge is 0.326 e. The van der Waals surface area contributed by atoms with E-state index < -0.39 is 174 Å². The molecule has 2 aliphatic rings. The van der Waals surface area contributed by atoms with E-state index in [1.54, 1.807) is 27.7 Å². The van der Waals surface area contributed by atoms with Gasteiger partial charge in [-0.25, -0.2) is 4.79 Å². The molecular formula is C52H82N12O17S2. The highest BCUT2D eigenvalue weighted by molar-refractivity contribution is 7.80. The Morgan fingerprint density at radius 2 is 1.05 bits per heavy atom. The summed E-state index contributed by atoms with van der Waals surface area (Å²) in [6.45, 7) is 8.38. The van der Waals surface area contributed by atoms with E-state index in [9.17, 15) is 83.1 Å². The van der Waals surface area contributed by atoms with Gasteiger partial charge in [0.1, 0.15) is 72.2 Å². The zero-order valence-corrected chi connectivity index (χ0v) is 49.0. The van der Waals surface area contributed by atoms with Crippen LogP contribution in [0.15, 0.2) is 24.3 Å². The minimum Gasteiger partial charge on any atom is -0.508 e. The fourth-order valence-corrected chi connectivity index (χ4v) is 9.64. The summed E-state index contributed by atoms with van der Waals surface area (Å²) in [5, 5.41) is 69.7. The summed E-state index contributed by atoms with van der Waals surface area (Å²) in [5.41, 5.74) is 11.2. The lowest BCUT2D eigenvalue weighted by Gasteiger charge is -2.35. The Labute approximate surface area is 491 Å². The molecule has 0 saturated carbocycles. The number of carboxylic acid groups (broad SMARTS) is 1. The van der Waals surface area contributed by atoms with Crippen LogP contribution in [-0.2, 0) is 64.0 Å². The number of primary amides is 1. The number of amides is 11. The van der Waals surface area contributed by atoms with Gasteiger partial charge in [-0.3, -0.25) is 52.7 Å². The molecule has 2 heterocycles. The maximum atomic E-state index is 14.6. The number of carbonyl (C=O) groups excluding carboxylic acids is 11. The van der Waals surface area contributed by atoms with Crippen molar-refractivity contribution in [2.24, 2.45) is 23.3 Å². The first-order valence-electron chi connectivity index (χ1n) is 27.3. The number of likely N-dealkylation sites (tertiary alicyclic amines) is 2. The van der Waals surface area contributed by atoms with Crippen molar-refractivity contribution < 1.29 is 83.1 Å². The second kappa shape index (κ2) is 33.5. The van der Waals surface area contributed by atoms with Crippen LogP contribution in [0, 0.1) is 11.8 Å². The van der Waals surface area contributed by atoms with Gasteiger partial charge in [-0.1, -0.05) is 52.7 Å². The molecule has 29 nitrogen and oxygen atoms in total. The number of phenolic OH excluding ortho intramolecular Hbond substituents is 1. The first kappa shape index (κ1) is 70.5. The summed E-state index contributed by atoms with van der Waals surface area (Å²) in [7, 11) is 0. The largest absolute Gasteiger partial charge is 0.508 e. The van der Waals surface area contributed by atoms with E-state index in [-0.39, 0.29) is 49.6 Å². The van der Waals surface area contributed by atoms with Gasteiger partial charge in [-0.05, 0) is 69.1 Å². The fraction of sp³-hybridized carbons (Fsp3) is 0.654. The number of carboxylic acids is 1. The second-order valence-corrected chi connectivity index (χ2v) is 21.6. The number of benzene rings is 1. The SMILES string of the molecule is CC[C@H](C)[C@H](NC(=O)[C@@H]1CCCN1C(=O)[C@@H]1CCCN1C(=O)[C@@H](NC(=O)[C@H](CO)NC(=O)[C@H](Cc1ccc(O)cc1)NC(=O)[C@@H](NC(=O)[C@H](CS)NC(=O)[C@@H](N)[C@@H](C)O)[C@@H](C)O)[C@@H](C)CC)C(=O)N[C@@H](CS)C(=O)N[C@@H](CC(N)=O)C(=O)O. The number of phenols is 1. The number of hydrogen-bond donors (Lipinski definition) is 17. The number of carbonyl (C=O) groups is 12. The van der Waals surface area contributed by atoms with Crippen LogP contribution in [0.4, 0.5) is 0 Å². The lowest BCUT2D eigenvalue weighted by molar-refractivity contribution is -0.149. The van der Waals surface area contributed by atoms with Crippen molar-refractivity contribution in [3.05, 3.63) is 29.8 Å². The second-order valence-electron chi connectivity index (χ2n) is 20.8. The van der Waals surface area contributed by atoms with Gasteiger partial charge < -0.3 is 89.3 Å². The van der Waals surface area contributed by atoms with Crippen LogP contribution in [0.2, 0.25) is 0 Å². The Morgan fingerprint density at radius 3 is 1.57 bits per heavy atom. The Balaban J connectivity index is 1.82. The maximum absolute atomic E-state index is 14.6. The molecular weight excluding hydrogens is 1130 g/mol.